The standard InChI is InChI=1S/C25H27NO5/c1-15-22(13-12-19-18-10-6-7-11-20(18)25(29)31-23(15)19)30-16(2)24(28)26-14-21(27)17-8-4-3-5-9-17/h3-5,8-9,12-13,16,21,27H,6-7,10-11,14H2,1-2H3,(H,26,28)/t16-,21+/m1/s1. The Balaban J connectivity index is 1.48. The van der Waals surface area contributed by atoms with Crippen LogP contribution in [-0.2, 0) is 17.6 Å². The predicted octanol–water partition coefficient (Wildman–Crippen LogP) is 3.60. The van der Waals surface area contributed by atoms with Gasteiger partial charge in [-0.05, 0) is 62.8 Å². The lowest BCUT2D eigenvalue weighted by Gasteiger charge is -2.20. The monoisotopic (exact) mass is 421 g/mol. The van der Waals surface area contributed by atoms with Crippen LogP contribution in [0.15, 0.2) is 51.7 Å². The number of hydrogen-bond donors (Lipinski definition) is 2. The second kappa shape index (κ2) is 8.94. The van der Waals surface area contributed by atoms with Crippen molar-refractivity contribution >= 4 is 16.9 Å². The number of ether oxygens (including phenoxy) is 1. The molecule has 1 aromatic heterocycles. The number of aliphatic hydroxyl groups excluding tert-OH is 1. The van der Waals surface area contributed by atoms with Crippen molar-refractivity contribution in [2.45, 2.75) is 51.7 Å². The maximum Gasteiger partial charge on any atom is 0.339 e. The first-order valence-electron chi connectivity index (χ1n) is 10.7. The Morgan fingerprint density at radius 1 is 1.13 bits per heavy atom. The number of hydrogen-bond acceptors (Lipinski definition) is 5. The van der Waals surface area contributed by atoms with Gasteiger partial charge in [-0.3, -0.25) is 4.79 Å². The molecule has 6 nitrogen and oxygen atoms in total. The Bertz CT molecular complexity index is 1150. The number of carbonyl (C=O) groups is 1. The van der Waals surface area contributed by atoms with E-state index in [1.807, 2.05) is 49.4 Å². The lowest BCUT2D eigenvalue weighted by Crippen LogP contribution is -2.38. The van der Waals surface area contributed by atoms with E-state index >= 15 is 0 Å². The summed E-state index contributed by atoms with van der Waals surface area (Å²) in [5, 5.41) is 13.9. The van der Waals surface area contributed by atoms with Crippen LogP contribution in [0.5, 0.6) is 5.75 Å². The van der Waals surface area contributed by atoms with E-state index in [4.69, 9.17) is 9.15 Å². The average Bonchev–Trinajstić information content (AvgIpc) is 2.80. The van der Waals surface area contributed by atoms with Crippen LogP contribution in [0.4, 0.5) is 0 Å². The lowest BCUT2D eigenvalue weighted by atomic mass is 9.90. The summed E-state index contributed by atoms with van der Waals surface area (Å²) in [7, 11) is 0. The Kier molecular flexibility index (Phi) is 6.09. The van der Waals surface area contributed by atoms with Crippen LogP contribution in [0, 0.1) is 6.92 Å². The first-order valence-corrected chi connectivity index (χ1v) is 10.7. The van der Waals surface area contributed by atoms with E-state index in [2.05, 4.69) is 5.32 Å². The van der Waals surface area contributed by atoms with Crippen molar-refractivity contribution in [2.24, 2.45) is 0 Å². The number of benzene rings is 2. The lowest BCUT2D eigenvalue weighted by molar-refractivity contribution is -0.127. The quantitative estimate of drug-likeness (QED) is 0.594. The molecule has 4 rings (SSSR count). The zero-order chi connectivity index (χ0) is 22.0. The van der Waals surface area contributed by atoms with Gasteiger partial charge >= 0.3 is 5.63 Å². The molecule has 31 heavy (non-hydrogen) atoms. The van der Waals surface area contributed by atoms with Crippen molar-refractivity contribution in [3.8, 4) is 5.75 Å². The summed E-state index contributed by atoms with van der Waals surface area (Å²) in [4.78, 5) is 24.9. The smallest absolute Gasteiger partial charge is 0.339 e. The van der Waals surface area contributed by atoms with Gasteiger partial charge in [-0.15, -0.1) is 0 Å². The first-order chi connectivity index (χ1) is 15.0. The number of aryl methyl sites for hydroxylation is 2. The fourth-order valence-corrected chi connectivity index (χ4v) is 4.13. The van der Waals surface area contributed by atoms with Gasteiger partial charge in [0.1, 0.15) is 11.3 Å². The van der Waals surface area contributed by atoms with Gasteiger partial charge in [0, 0.05) is 23.1 Å². The first kappa shape index (κ1) is 21.1. The SMILES string of the molecule is Cc1c(O[C@H](C)C(=O)NC[C@H](O)c2ccccc2)ccc2c3c(c(=O)oc12)CCCC3. The van der Waals surface area contributed by atoms with Crippen molar-refractivity contribution in [1.82, 2.24) is 5.32 Å². The van der Waals surface area contributed by atoms with Crippen molar-refractivity contribution in [3.05, 3.63) is 75.1 Å². The number of aliphatic hydroxyl groups is 1. The number of fused-ring (bicyclic) bond motifs is 3. The molecule has 0 spiro atoms. The van der Waals surface area contributed by atoms with E-state index in [9.17, 15) is 14.7 Å². The van der Waals surface area contributed by atoms with E-state index < -0.39 is 12.2 Å². The van der Waals surface area contributed by atoms with Gasteiger partial charge < -0.3 is 19.6 Å². The molecule has 0 fully saturated rings. The highest BCUT2D eigenvalue weighted by Crippen LogP contribution is 2.32. The van der Waals surface area contributed by atoms with Gasteiger partial charge in [0.15, 0.2) is 6.10 Å². The van der Waals surface area contributed by atoms with Crippen LogP contribution in [0.25, 0.3) is 11.0 Å². The van der Waals surface area contributed by atoms with Gasteiger partial charge in [-0.25, -0.2) is 4.79 Å². The molecule has 0 saturated heterocycles. The summed E-state index contributed by atoms with van der Waals surface area (Å²) in [5.41, 5.74) is 3.55. The molecule has 2 aromatic carbocycles. The minimum absolute atomic E-state index is 0.0915. The zero-order valence-electron chi connectivity index (χ0n) is 17.8. The predicted molar refractivity (Wildman–Crippen MR) is 118 cm³/mol. The summed E-state index contributed by atoms with van der Waals surface area (Å²) in [6.45, 7) is 3.57. The van der Waals surface area contributed by atoms with Gasteiger partial charge in [-0.2, -0.15) is 0 Å². The molecule has 0 saturated carbocycles. The number of rotatable bonds is 6. The second-order valence-corrected chi connectivity index (χ2v) is 8.05. The maximum absolute atomic E-state index is 12.5. The molecule has 1 aliphatic carbocycles. The maximum atomic E-state index is 12.5. The molecule has 6 heteroatoms. The molecular weight excluding hydrogens is 394 g/mol. The topological polar surface area (TPSA) is 88.8 Å². The van der Waals surface area contributed by atoms with Crippen molar-refractivity contribution in [1.29, 1.82) is 0 Å². The van der Waals surface area contributed by atoms with Crippen LogP contribution in [0.2, 0.25) is 0 Å². The second-order valence-electron chi connectivity index (χ2n) is 8.05. The molecule has 0 radical (unpaired) electrons. The van der Waals surface area contributed by atoms with Crippen molar-refractivity contribution in [2.75, 3.05) is 6.54 Å². The third kappa shape index (κ3) is 4.35. The van der Waals surface area contributed by atoms with Crippen LogP contribution in [-0.4, -0.2) is 23.7 Å². The summed E-state index contributed by atoms with van der Waals surface area (Å²) in [5.74, 6) is 0.166. The minimum atomic E-state index is -0.791. The van der Waals surface area contributed by atoms with E-state index in [1.54, 1.807) is 6.92 Å². The fourth-order valence-electron chi connectivity index (χ4n) is 4.13. The largest absolute Gasteiger partial charge is 0.480 e. The Morgan fingerprint density at radius 2 is 1.84 bits per heavy atom. The molecule has 2 N–H and O–H groups in total. The minimum Gasteiger partial charge on any atom is -0.480 e. The summed E-state index contributed by atoms with van der Waals surface area (Å²) in [6.07, 6.45) is 2.14. The fraction of sp³-hybridized carbons (Fsp3) is 0.360. The van der Waals surface area contributed by atoms with Crippen molar-refractivity contribution < 1.29 is 19.1 Å². The number of carbonyl (C=O) groups excluding carboxylic acids is 1. The Hall–Kier alpha value is -3.12. The molecule has 0 bridgehead atoms. The highest BCUT2D eigenvalue weighted by molar-refractivity contribution is 5.86. The molecule has 0 aliphatic heterocycles. The average molecular weight is 421 g/mol. The van der Waals surface area contributed by atoms with E-state index in [1.165, 1.54) is 0 Å². The van der Waals surface area contributed by atoms with Gasteiger partial charge in [-0.1, -0.05) is 30.3 Å². The zero-order valence-corrected chi connectivity index (χ0v) is 17.8. The van der Waals surface area contributed by atoms with Crippen LogP contribution in [0.3, 0.4) is 0 Å². The summed E-state index contributed by atoms with van der Waals surface area (Å²) in [6, 6.07) is 12.9. The van der Waals surface area contributed by atoms with E-state index in [0.29, 0.717) is 16.9 Å². The molecular formula is C25H27NO5. The van der Waals surface area contributed by atoms with Gasteiger partial charge in [0.05, 0.1) is 6.10 Å². The normalized spacial score (nSPS) is 15.2. The van der Waals surface area contributed by atoms with Crippen molar-refractivity contribution in [3.63, 3.8) is 0 Å². The molecule has 0 unspecified atom stereocenters. The highest BCUT2D eigenvalue weighted by Gasteiger charge is 2.22. The van der Waals surface area contributed by atoms with Crippen LogP contribution >= 0.6 is 0 Å². The Morgan fingerprint density at radius 3 is 2.58 bits per heavy atom. The molecule has 1 amide bonds. The third-order valence-corrected chi connectivity index (χ3v) is 5.92. The van der Waals surface area contributed by atoms with Gasteiger partial charge in [0.2, 0.25) is 0 Å². The molecule has 3 aromatic rings. The van der Waals surface area contributed by atoms with Crippen LogP contribution < -0.4 is 15.7 Å². The Labute approximate surface area is 180 Å². The summed E-state index contributed by atoms with van der Waals surface area (Å²) < 4.78 is 11.5. The molecule has 1 heterocycles. The van der Waals surface area contributed by atoms with Gasteiger partial charge in [0.25, 0.3) is 5.91 Å². The van der Waals surface area contributed by atoms with Crippen LogP contribution in [0.1, 0.15) is 48.1 Å². The molecule has 162 valence electrons. The molecule has 1 aliphatic rings. The van der Waals surface area contributed by atoms with E-state index in [0.717, 1.165) is 47.8 Å². The number of amides is 1. The number of nitrogens with one attached hydrogen (secondary N) is 1. The third-order valence-electron chi connectivity index (χ3n) is 5.92. The molecule has 2 atom stereocenters. The summed E-state index contributed by atoms with van der Waals surface area (Å²) >= 11 is 0. The highest BCUT2D eigenvalue weighted by atomic mass is 16.5. The van der Waals surface area contributed by atoms with E-state index in [-0.39, 0.29) is 18.1 Å².